The number of carbonyl (C=O) groups is 1. The molecule has 0 aliphatic carbocycles. The predicted octanol–water partition coefficient (Wildman–Crippen LogP) is 4.57. The van der Waals surface area contributed by atoms with Gasteiger partial charge in [-0.3, -0.25) is 4.79 Å². The molecule has 0 heterocycles. The first kappa shape index (κ1) is 16.0. The number of rotatable bonds is 3. The first-order valence-corrected chi connectivity index (χ1v) is 6.88. The summed E-state index contributed by atoms with van der Waals surface area (Å²) in [5.74, 6) is 0.844. The molecule has 0 fully saturated rings. The third-order valence-electron chi connectivity index (χ3n) is 2.97. The fraction of sp³-hybridized carbons (Fsp3) is 0.278. The second-order valence-electron chi connectivity index (χ2n) is 4.38. The summed E-state index contributed by atoms with van der Waals surface area (Å²) in [5.41, 5.74) is 3.52. The van der Waals surface area contributed by atoms with Gasteiger partial charge in [-0.05, 0) is 37.6 Å². The highest BCUT2D eigenvalue weighted by Crippen LogP contribution is 2.20. The molecule has 2 aromatic carbocycles. The van der Waals surface area contributed by atoms with Crippen LogP contribution in [0.1, 0.15) is 40.9 Å². The summed E-state index contributed by atoms with van der Waals surface area (Å²) in [5, 5.41) is 0. The van der Waals surface area contributed by atoms with Crippen molar-refractivity contribution in [3.8, 4) is 5.75 Å². The number of methoxy groups -OCH3 is 1. The van der Waals surface area contributed by atoms with Crippen LogP contribution in [-0.2, 0) is 0 Å². The van der Waals surface area contributed by atoms with Crippen molar-refractivity contribution in [3.05, 3.63) is 64.7 Å². The van der Waals surface area contributed by atoms with Gasteiger partial charge in [0.25, 0.3) is 0 Å². The molecule has 2 nitrogen and oxygen atoms in total. The zero-order chi connectivity index (χ0) is 15.1. The Balaban J connectivity index is 0.000000956. The Bertz CT molecular complexity index is 568. The third kappa shape index (κ3) is 3.70. The standard InChI is InChI=1S/C16H16O2.C2H6/c1-11-4-6-13(7-5-11)16(17)14-8-9-15(18-3)12(2)10-14;1-2/h4-10H,1-3H3;1-2H3. The second kappa shape index (κ2) is 7.49. The van der Waals surface area contributed by atoms with E-state index in [-0.39, 0.29) is 5.78 Å². The molecule has 0 saturated carbocycles. The molecular formula is C18H22O2. The third-order valence-corrected chi connectivity index (χ3v) is 2.97. The average Bonchev–Trinajstić information content (AvgIpc) is 2.49. The zero-order valence-electron chi connectivity index (χ0n) is 12.9. The van der Waals surface area contributed by atoms with Crippen LogP contribution >= 0.6 is 0 Å². The summed E-state index contributed by atoms with van der Waals surface area (Å²) in [6.45, 7) is 7.94. The van der Waals surface area contributed by atoms with Gasteiger partial charge in [0, 0.05) is 11.1 Å². The predicted molar refractivity (Wildman–Crippen MR) is 83.7 cm³/mol. The average molecular weight is 270 g/mol. The number of ether oxygens (including phenoxy) is 1. The van der Waals surface area contributed by atoms with Gasteiger partial charge in [-0.15, -0.1) is 0 Å². The maximum absolute atomic E-state index is 12.3. The largest absolute Gasteiger partial charge is 0.496 e. The zero-order valence-corrected chi connectivity index (χ0v) is 12.9. The van der Waals surface area contributed by atoms with Crippen molar-refractivity contribution in [1.82, 2.24) is 0 Å². The normalized spacial score (nSPS) is 9.45. The van der Waals surface area contributed by atoms with Crippen molar-refractivity contribution in [3.63, 3.8) is 0 Å². The number of aryl methyl sites for hydroxylation is 2. The van der Waals surface area contributed by atoms with E-state index < -0.39 is 0 Å². The fourth-order valence-electron chi connectivity index (χ4n) is 1.89. The van der Waals surface area contributed by atoms with Gasteiger partial charge in [0.1, 0.15) is 5.75 Å². The van der Waals surface area contributed by atoms with E-state index in [0.29, 0.717) is 11.1 Å². The number of ketones is 1. The van der Waals surface area contributed by atoms with Crippen molar-refractivity contribution >= 4 is 5.78 Å². The number of carbonyl (C=O) groups excluding carboxylic acids is 1. The van der Waals surface area contributed by atoms with Crippen LogP contribution in [-0.4, -0.2) is 12.9 Å². The van der Waals surface area contributed by atoms with Crippen LogP contribution in [0.5, 0.6) is 5.75 Å². The van der Waals surface area contributed by atoms with Crippen molar-refractivity contribution in [2.75, 3.05) is 7.11 Å². The van der Waals surface area contributed by atoms with Crippen LogP contribution in [0.3, 0.4) is 0 Å². The van der Waals surface area contributed by atoms with E-state index in [1.165, 1.54) is 0 Å². The molecule has 0 radical (unpaired) electrons. The van der Waals surface area contributed by atoms with Crippen LogP contribution < -0.4 is 4.74 Å². The van der Waals surface area contributed by atoms with E-state index in [1.807, 2.05) is 64.1 Å². The molecule has 0 N–H and O–H groups in total. The lowest BCUT2D eigenvalue weighted by Crippen LogP contribution is -2.02. The molecule has 0 amide bonds. The van der Waals surface area contributed by atoms with Crippen LogP contribution in [0.4, 0.5) is 0 Å². The van der Waals surface area contributed by atoms with E-state index in [4.69, 9.17) is 4.74 Å². The molecule has 20 heavy (non-hydrogen) atoms. The molecule has 0 saturated heterocycles. The van der Waals surface area contributed by atoms with Crippen molar-refractivity contribution in [1.29, 1.82) is 0 Å². The lowest BCUT2D eigenvalue weighted by Gasteiger charge is -2.07. The van der Waals surface area contributed by atoms with Crippen LogP contribution in [0, 0.1) is 13.8 Å². The fourth-order valence-corrected chi connectivity index (χ4v) is 1.89. The van der Waals surface area contributed by atoms with Crippen molar-refractivity contribution in [2.24, 2.45) is 0 Å². The monoisotopic (exact) mass is 270 g/mol. The lowest BCUT2D eigenvalue weighted by molar-refractivity contribution is 0.103. The van der Waals surface area contributed by atoms with E-state index >= 15 is 0 Å². The molecule has 0 aliphatic rings. The van der Waals surface area contributed by atoms with Gasteiger partial charge < -0.3 is 4.74 Å². The van der Waals surface area contributed by atoms with Gasteiger partial charge in [0.05, 0.1) is 7.11 Å². The molecule has 2 rings (SSSR count). The first-order chi connectivity index (χ1) is 9.61. The molecule has 0 aromatic heterocycles. The molecule has 0 bridgehead atoms. The highest BCUT2D eigenvalue weighted by molar-refractivity contribution is 6.09. The van der Waals surface area contributed by atoms with Gasteiger partial charge in [-0.25, -0.2) is 0 Å². The smallest absolute Gasteiger partial charge is 0.193 e. The summed E-state index contributed by atoms with van der Waals surface area (Å²) < 4.78 is 5.19. The Labute approximate surface area is 121 Å². The highest BCUT2D eigenvalue weighted by Gasteiger charge is 2.10. The molecule has 0 aliphatic heterocycles. The van der Waals surface area contributed by atoms with E-state index in [0.717, 1.165) is 16.9 Å². The Morgan fingerprint density at radius 3 is 1.95 bits per heavy atom. The van der Waals surface area contributed by atoms with Gasteiger partial charge in [0.2, 0.25) is 0 Å². The Morgan fingerprint density at radius 1 is 0.900 bits per heavy atom. The van der Waals surface area contributed by atoms with E-state index in [1.54, 1.807) is 13.2 Å². The minimum absolute atomic E-state index is 0.0424. The molecule has 0 unspecified atom stereocenters. The minimum Gasteiger partial charge on any atom is -0.496 e. The van der Waals surface area contributed by atoms with E-state index in [2.05, 4.69) is 0 Å². The Kier molecular flexibility index (Phi) is 5.98. The van der Waals surface area contributed by atoms with Gasteiger partial charge in [-0.2, -0.15) is 0 Å². The topological polar surface area (TPSA) is 26.3 Å². The second-order valence-corrected chi connectivity index (χ2v) is 4.38. The summed E-state index contributed by atoms with van der Waals surface area (Å²) >= 11 is 0. The summed E-state index contributed by atoms with van der Waals surface area (Å²) in [6.07, 6.45) is 0. The minimum atomic E-state index is 0.0424. The van der Waals surface area contributed by atoms with Crippen LogP contribution in [0.2, 0.25) is 0 Å². The van der Waals surface area contributed by atoms with Crippen molar-refractivity contribution < 1.29 is 9.53 Å². The lowest BCUT2D eigenvalue weighted by atomic mass is 10.0. The first-order valence-electron chi connectivity index (χ1n) is 6.88. The molecule has 2 heteroatoms. The number of hydrogen-bond acceptors (Lipinski definition) is 2. The number of benzene rings is 2. The summed E-state index contributed by atoms with van der Waals surface area (Å²) in [7, 11) is 1.63. The van der Waals surface area contributed by atoms with Crippen LogP contribution in [0.15, 0.2) is 42.5 Å². The Morgan fingerprint density at radius 2 is 1.45 bits per heavy atom. The molecule has 0 spiro atoms. The molecule has 0 atom stereocenters. The SMILES string of the molecule is CC.COc1ccc(C(=O)c2ccc(C)cc2)cc1C. The molecular weight excluding hydrogens is 248 g/mol. The maximum Gasteiger partial charge on any atom is 0.193 e. The molecule has 2 aromatic rings. The number of hydrogen-bond donors (Lipinski definition) is 0. The summed E-state index contributed by atoms with van der Waals surface area (Å²) in [6, 6.07) is 13.1. The van der Waals surface area contributed by atoms with E-state index in [9.17, 15) is 4.79 Å². The van der Waals surface area contributed by atoms with Crippen LogP contribution in [0.25, 0.3) is 0 Å². The quantitative estimate of drug-likeness (QED) is 0.764. The molecule has 106 valence electrons. The Hall–Kier alpha value is -2.09. The van der Waals surface area contributed by atoms with Gasteiger partial charge in [-0.1, -0.05) is 43.7 Å². The van der Waals surface area contributed by atoms with Crippen molar-refractivity contribution in [2.45, 2.75) is 27.7 Å². The summed E-state index contributed by atoms with van der Waals surface area (Å²) in [4.78, 5) is 12.3. The maximum atomic E-state index is 12.3. The highest BCUT2D eigenvalue weighted by atomic mass is 16.5. The van der Waals surface area contributed by atoms with Gasteiger partial charge >= 0.3 is 0 Å². The van der Waals surface area contributed by atoms with Gasteiger partial charge in [0.15, 0.2) is 5.78 Å².